The zero-order chi connectivity index (χ0) is 20.6. The molecule has 1 aromatic heterocycles. The van der Waals surface area contributed by atoms with E-state index in [2.05, 4.69) is 51.0 Å². The molecule has 0 bridgehead atoms. The molecule has 1 aromatic carbocycles. The van der Waals surface area contributed by atoms with Crippen LogP contribution in [0.1, 0.15) is 50.8 Å². The summed E-state index contributed by atoms with van der Waals surface area (Å²) in [6.45, 7) is 7.42. The van der Waals surface area contributed by atoms with Crippen LogP contribution in [0, 0.1) is 5.41 Å². The maximum absolute atomic E-state index is 12.6. The summed E-state index contributed by atoms with van der Waals surface area (Å²) in [4.78, 5) is 23.6. The fourth-order valence-corrected chi connectivity index (χ4v) is 4.68. The van der Waals surface area contributed by atoms with E-state index in [9.17, 15) is 4.79 Å². The van der Waals surface area contributed by atoms with Crippen LogP contribution in [0.2, 0.25) is 0 Å². The third-order valence-electron chi connectivity index (χ3n) is 5.89. The zero-order valence-electron chi connectivity index (χ0n) is 17.2. The molecule has 0 saturated carbocycles. The highest BCUT2D eigenvalue weighted by molar-refractivity contribution is 7.80. The number of piperidine rings is 1. The number of hydrogen-bond donors (Lipinski definition) is 2. The van der Waals surface area contributed by atoms with Gasteiger partial charge < -0.3 is 15.0 Å². The van der Waals surface area contributed by atoms with Crippen LogP contribution >= 0.6 is 12.6 Å². The number of benzene rings is 1. The molecule has 1 saturated heterocycles. The van der Waals surface area contributed by atoms with Crippen LogP contribution in [0.25, 0.3) is 0 Å². The van der Waals surface area contributed by atoms with Gasteiger partial charge in [0.05, 0.1) is 18.4 Å². The van der Waals surface area contributed by atoms with Crippen molar-refractivity contribution >= 4 is 24.5 Å². The number of carbonyl (C=O) groups excluding carboxylic acids is 1. The molecular formula is C22H28N4O2S. The van der Waals surface area contributed by atoms with Gasteiger partial charge in [-0.2, -0.15) is 0 Å². The van der Waals surface area contributed by atoms with Crippen LogP contribution in [0.4, 0.5) is 10.6 Å². The van der Waals surface area contributed by atoms with Gasteiger partial charge in [-0.3, -0.25) is 0 Å². The van der Waals surface area contributed by atoms with Crippen molar-refractivity contribution in [3.63, 3.8) is 0 Å². The maximum Gasteiger partial charge on any atom is 0.408 e. The number of ether oxygens (including phenoxy) is 1. The second-order valence-corrected chi connectivity index (χ2v) is 9.50. The van der Waals surface area contributed by atoms with Gasteiger partial charge >= 0.3 is 6.09 Å². The van der Waals surface area contributed by atoms with Crippen LogP contribution in [-0.4, -0.2) is 34.8 Å². The highest BCUT2D eigenvalue weighted by atomic mass is 32.1. The van der Waals surface area contributed by atoms with Gasteiger partial charge in [-0.15, -0.1) is 12.6 Å². The number of thiol groups is 1. The van der Waals surface area contributed by atoms with Gasteiger partial charge in [0, 0.05) is 18.5 Å². The van der Waals surface area contributed by atoms with Gasteiger partial charge in [0.15, 0.2) is 0 Å². The molecule has 154 valence electrons. The average Bonchev–Trinajstić information content (AvgIpc) is 2.95. The Bertz CT molecular complexity index is 886. The smallest absolute Gasteiger partial charge is 0.408 e. The summed E-state index contributed by atoms with van der Waals surface area (Å²) < 4.78 is 5.56. The topological polar surface area (TPSA) is 67.3 Å². The third-order valence-corrected chi connectivity index (χ3v) is 6.12. The van der Waals surface area contributed by atoms with E-state index in [4.69, 9.17) is 4.74 Å². The Morgan fingerprint density at radius 2 is 1.93 bits per heavy atom. The SMILES string of the molecule is CC(C)(C)OC(=O)N[C@@H]1c2ccccc2CC12CCN(c1cnc(S)cn1)CC2. The summed E-state index contributed by atoms with van der Waals surface area (Å²) in [6.07, 6.45) is 6.01. The van der Waals surface area contributed by atoms with E-state index in [0.29, 0.717) is 5.03 Å². The van der Waals surface area contributed by atoms with Crippen molar-refractivity contribution < 1.29 is 9.53 Å². The number of fused-ring (bicyclic) bond motifs is 1. The normalized spacial score (nSPS) is 20.4. The first-order chi connectivity index (χ1) is 13.8. The lowest BCUT2D eigenvalue weighted by atomic mass is 9.72. The van der Waals surface area contributed by atoms with Crippen molar-refractivity contribution in [3.8, 4) is 0 Å². The van der Waals surface area contributed by atoms with Gasteiger partial charge in [0.2, 0.25) is 0 Å². The largest absolute Gasteiger partial charge is 0.444 e. The molecule has 2 heterocycles. The summed E-state index contributed by atoms with van der Waals surface area (Å²) in [5.41, 5.74) is 2.01. The van der Waals surface area contributed by atoms with Crippen molar-refractivity contribution in [3.05, 3.63) is 47.8 Å². The Morgan fingerprint density at radius 3 is 2.59 bits per heavy atom. The molecule has 1 amide bonds. The van der Waals surface area contributed by atoms with Crippen molar-refractivity contribution in [2.24, 2.45) is 5.41 Å². The number of carbonyl (C=O) groups is 1. The lowest BCUT2D eigenvalue weighted by Gasteiger charge is -2.43. The first-order valence-electron chi connectivity index (χ1n) is 10.1. The number of rotatable bonds is 2. The van der Waals surface area contributed by atoms with Crippen molar-refractivity contribution in [1.29, 1.82) is 0 Å². The highest BCUT2D eigenvalue weighted by Crippen LogP contribution is 2.52. The van der Waals surface area contributed by atoms with Crippen LogP contribution < -0.4 is 10.2 Å². The van der Waals surface area contributed by atoms with Crippen molar-refractivity contribution in [2.45, 2.75) is 56.7 Å². The second kappa shape index (κ2) is 7.52. The second-order valence-electron chi connectivity index (χ2n) is 9.04. The molecule has 2 aliphatic rings. The fourth-order valence-electron chi connectivity index (χ4n) is 4.57. The molecule has 0 unspecified atom stereocenters. The molecule has 1 fully saturated rings. The standard InChI is InChI=1S/C22H28N4O2S/c1-21(2,3)28-20(27)25-19-16-7-5-4-6-15(16)12-22(19)8-10-26(11-9-22)17-13-24-18(29)14-23-17/h4-7,13-14,19H,8-12H2,1-3H3,(H,24,29)(H,25,27)/t19-/m1/s1. The summed E-state index contributed by atoms with van der Waals surface area (Å²) in [7, 11) is 0. The van der Waals surface area contributed by atoms with Crippen LogP contribution in [0.5, 0.6) is 0 Å². The third kappa shape index (κ3) is 4.20. The predicted molar refractivity (Wildman–Crippen MR) is 115 cm³/mol. The molecule has 0 radical (unpaired) electrons. The molecule has 7 heteroatoms. The van der Waals surface area contributed by atoms with Gasteiger partial charge in [-0.25, -0.2) is 14.8 Å². The van der Waals surface area contributed by atoms with Gasteiger partial charge in [-0.1, -0.05) is 24.3 Å². The molecule has 1 N–H and O–H groups in total. The minimum Gasteiger partial charge on any atom is -0.444 e. The number of amides is 1. The Morgan fingerprint density at radius 1 is 1.21 bits per heavy atom. The minimum atomic E-state index is -0.517. The Hall–Kier alpha value is -2.28. The first kappa shape index (κ1) is 20.0. The summed E-state index contributed by atoms with van der Waals surface area (Å²) >= 11 is 4.22. The molecule has 4 rings (SSSR count). The van der Waals surface area contributed by atoms with Crippen LogP contribution in [-0.2, 0) is 11.2 Å². The number of anilines is 1. The number of alkyl carbamates (subject to hydrolysis) is 1. The molecule has 1 aliphatic carbocycles. The molecule has 2 aromatic rings. The number of hydrogen-bond acceptors (Lipinski definition) is 6. The van der Waals surface area contributed by atoms with E-state index in [1.165, 1.54) is 11.1 Å². The lowest BCUT2D eigenvalue weighted by molar-refractivity contribution is 0.0428. The van der Waals surface area contributed by atoms with Crippen molar-refractivity contribution in [2.75, 3.05) is 18.0 Å². The minimum absolute atomic E-state index is 0.00595. The van der Waals surface area contributed by atoms with Crippen LogP contribution in [0.15, 0.2) is 41.7 Å². The zero-order valence-corrected chi connectivity index (χ0v) is 18.1. The number of nitrogens with zero attached hydrogens (tertiary/aromatic N) is 3. The highest BCUT2D eigenvalue weighted by Gasteiger charge is 2.48. The van der Waals surface area contributed by atoms with E-state index in [0.717, 1.165) is 38.2 Å². The first-order valence-corrected chi connectivity index (χ1v) is 10.5. The quantitative estimate of drug-likeness (QED) is 0.725. The number of aromatic nitrogens is 2. The molecular weight excluding hydrogens is 384 g/mol. The molecule has 29 heavy (non-hydrogen) atoms. The number of nitrogens with one attached hydrogen (secondary N) is 1. The Kier molecular flexibility index (Phi) is 5.19. The van der Waals surface area contributed by atoms with Gasteiger partial charge in [0.25, 0.3) is 0 Å². The van der Waals surface area contributed by atoms with E-state index >= 15 is 0 Å². The summed E-state index contributed by atoms with van der Waals surface area (Å²) in [5, 5.41) is 3.82. The monoisotopic (exact) mass is 412 g/mol. The van der Waals surface area contributed by atoms with Crippen LogP contribution in [0.3, 0.4) is 0 Å². The average molecular weight is 413 g/mol. The van der Waals surface area contributed by atoms with Gasteiger partial charge in [-0.05, 0) is 51.2 Å². The van der Waals surface area contributed by atoms with Crippen molar-refractivity contribution in [1.82, 2.24) is 15.3 Å². The Labute approximate surface area is 177 Å². The molecule has 1 aliphatic heterocycles. The molecule has 1 spiro atoms. The summed E-state index contributed by atoms with van der Waals surface area (Å²) in [6, 6.07) is 8.39. The Balaban J connectivity index is 1.54. The van der Waals surface area contributed by atoms with Gasteiger partial charge in [0.1, 0.15) is 16.4 Å². The van der Waals surface area contributed by atoms with E-state index in [1.807, 2.05) is 26.8 Å². The maximum atomic E-state index is 12.6. The summed E-state index contributed by atoms with van der Waals surface area (Å²) in [5.74, 6) is 0.879. The predicted octanol–water partition coefficient (Wildman–Crippen LogP) is 4.17. The lowest BCUT2D eigenvalue weighted by Crippen LogP contribution is -2.47. The molecule has 1 atom stereocenters. The van der Waals surface area contributed by atoms with E-state index in [-0.39, 0.29) is 17.6 Å². The fraction of sp³-hybridized carbons (Fsp3) is 0.500. The van der Waals surface area contributed by atoms with E-state index in [1.54, 1.807) is 12.4 Å². The van der Waals surface area contributed by atoms with E-state index < -0.39 is 5.60 Å². The molecule has 6 nitrogen and oxygen atoms in total.